The van der Waals surface area contributed by atoms with Gasteiger partial charge in [-0.2, -0.15) is 13.9 Å². The van der Waals surface area contributed by atoms with Crippen LogP contribution in [0, 0.1) is 11.6 Å². The number of alkyl halides is 2. The number of hydrogen-bond donors (Lipinski definition) is 1. The number of carbonyl (C=O) groups excluding carboxylic acids is 1. The van der Waals surface area contributed by atoms with E-state index in [0.29, 0.717) is 18.6 Å². The number of halogens is 4. The maximum Gasteiger partial charge on any atom is 0.388 e. The number of nitrogens with one attached hydrogen (secondary N) is 1. The Morgan fingerprint density at radius 3 is 2.39 bits per heavy atom. The second-order valence-corrected chi connectivity index (χ2v) is 4.29. The van der Waals surface area contributed by atoms with Crippen LogP contribution < -0.4 is 4.74 Å². The van der Waals surface area contributed by atoms with E-state index < -0.39 is 18.2 Å². The van der Waals surface area contributed by atoms with Crippen molar-refractivity contribution in [2.75, 3.05) is 0 Å². The van der Waals surface area contributed by atoms with E-state index in [-0.39, 0.29) is 12.0 Å². The fraction of sp³-hybridized carbons (Fsp3) is 0.286. The molecule has 0 spiro atoms. The minimum atomic E-state index is -2.89. The lowest BCUT2D eigenvalue weighted by Gasteiger charge is -2.05. The standard InChI is InChI=1S/C8H10F2N2O3.C6H4F2/c1-5(14-4-13)2-6-3-7(12-11-6)15-8(9)10;7-5-2-1-3-6(8)4-5/h3-5,8H,2H2,1H3,(H,11,12);1-4H. The number of nitrogens with zero attached hydrogens (tertiary/aromatic N) is 1. The van der Waals surface area contributed by atoms with Gasteiger partial charge in [-0.25, -0.2) is 13.9 Å². The Labute approximate surface area is 129 Å². The first kappa shape index (κ1) is 18.5. The average molecular weight is 334 g/mol. The highest BCUT2D eigenvalue weighted by atomic mass is 19.3. The Hall–Kier alpha value is -2.58. The Kier molecular flexibility index (Phi) is 7.58. The summed E-state index contributed by atoms with van der Waals surface area (Å²) in [7, 11) is 0. The SMILES string of the molecule is CC(Cc1cc(OC(F)F)[nH]n1)OC=O.Fc1cccc(F)c1. The first-order chi connectivity index (χ1) is 10.9. The molecule has 1 aromatic carbocycles. The molecule has 1 heterocycles. The molecule has 0 radical (unpaired) electrons. The maximum absolute atomic E-state index is 11.9. The summed E-state index contributed by atoms with van der Waals surface area (Å²) in [6, 6.07) is 5.88. The van der Waals surface area contributed by atoms with Crippen LogP contribution in [-0.2, 0) is 16.0 Å². The average Bonchev–Trinajstić information content (AvgIpc) is 2.85. The van der Waals surface area contributed by atoms with Crippen molar-refractivity contribution < 1.29 is 31.8 Å². The smallest absolute Gasteiger partial charge is 0.388 e. The van der Waals surface area contributed by atoms with Gasteiger partial charge in [0.05, 0.1) is 5.69 Å². The van der Waals surface area contributed by atoms with Crippen molar-refractivity contribution in [2.45, 2.75) is 26.1 Å². The van der Waals surface area contributed by atoms with Gasteiger partial charge in [0.1, 0.15) is 17.7 Å². The van der Waals surface area contributed by atoms with Crippen LogP contribution in [0.2, 0.25) is 0 Å². The lowest BCUT2D eigenvalue weighted by atomic mass is 10.2. The van der Waals surface area contributed by atoms with Gasteiger partial charge in [0.25, 0.3) is 6.47 Å². The predicted molar refractivity (Wildman–Crippen MR) is 71.9 cm³/mol. The molecule has 2 rings (SSSR count). The number of ether oxygens (including phenoxy) is 2. The van der Waals surface area contributed by atoms with Crippen molar-refractivity contribution in [2.24, 2.45) is 0 Å². The van der Waals surface area contributed by atoms with Gasteiger partial charge in [-0.15, -0.1) is 0 Å². The van der Waals surface area contributed by atoms with E-state index in [4.69, 9.17) is 0 Å². The van der Waals surface area contributed by atoms with E-state index >= 15 is 0 Å². The van der Waals surface area contributed by atoms with E-state index in [1.165, 1.54) is 24.3 Å². The van der Waals surface area contributed by atoms with Crippen LogP contribution in [0.15, 0.2) is 30.3 Å². The number of rotatable bonds is 6. The minimum absolute atomic E-state index is 0.113. The van der Waals surface area contributed by atoms with E-state index in [9.17, 15) is 22.4 Å². The summed E-state index contributed by atoms with van der Waals surface area (Å²) in [5.41, 5.74) is 0.486. The van der Waals surface area contributed by atoms with Crippen LogP contribution in [0.1, 0.15) is 12.6 Å². The molecular weight excluding hydrogens is 320 g/mol. The van der Waals surface area contributed by atoms with Crippen molar-refractivity contribution in [3.8, 4) is 5.88 Å². The zero-order chi connectivity index (χ0) is 17.2. The molecule has 0 saturated carbocycles. The zero-order valence-electron chi connectivity index (χ0n) is 12.0. The molecule has 1 atom stereocenters. The summed E-state index contributed by atoms with van der Waals surface area (Å²) in [6.45, 7) is -0.896. The number of H-pyrrole nitrogens is 1. The number of carbonyl (C=O) groups is 1. The number of aromatic nitrogens is 2. The molecule has 126 valence electrons. The quantitative estimate of drug-likeness (QED) is 0.651. The normalized spacial score (nSPS) is 11.4. The second-order valence-electron chi connectivity index (χ2n) is 4.29. The van der Waals surface area contributed by atoms with Gasteiger partial charge < -0.3 is 9.47 Å². The first-order valence-electron chi connectivity index (χ1n) is 6.40. The molecule has 0 fully saturated rings. The molecule has 0 aliphatic carbocycles. The van der Waals surface area contributed by atoms with E-state index in [1.807, 2.05) is 0 Å². The molecule has 1 unspecified atom stereocenters. The molecule has 1 N–H and O–H groups in total. The molecule has 2 aromatic rings. The molecule has 1 aromatic heterocycles. The first-order valence-corrected chi connectivity index (χ1v) is 6.40. The molecule has 0 aliphatic heterocycles. The van der Waals surface area contributed by atoms with Gasteiger partial charge in [-0.1, -0.05) is 6.07 Å². The lowest BCUT2D eigenvalue weighted by Crippen LogP contribution is -2.10. The Balaban J connectivity index is 0.000000277. The van der Waals surface area contributed by atoms with Gasteiger partial charge in [0.15, 0.2) is 0 Å². The van der Waals surface area contributed by atoms with Crippen molar-refractivity contribution in [3.63, 3.8) is 0 Å². The minimum Gasteiger partial charge on any atom is -0.464 e. The van der Waals surface area contributed by atoms with Crippen LogP contribution in [-0.4, -0.2) is 29.4 Å². The van der Waals surface area contributed by atoms with E-state index in [1.54, 1.807) is 6.92 Å². The van der Waals surface area contributed by atoms with Crippen LogP contribution in [0.5, 0.6) is 5.88 Å². The number of aromatic amines is 1. The third kappa shape index (κ3) is 7.84. The third-order valence-corrected chi connectivity index (χ3v) is 2.39. The lowest BCUT2D eigenvalue weighted by molar-refractivity contribution is -0.132. The largest absolute Gasteiger partial charge is 0.464 e. The monoisotopic (exact) mass is 334 g/mol. The second kappa shape index (κ2) is 9.44. The fourth-order valence-electron chi connectivity index (χ4n) is 1.50. The molecule has 9 heteroatoms. The van der Waals surface area contributed by atoms with Crippen LogP contribution in [0.4, 0.5) is 17.6 Å². The highest BCUT2D eigenvalue weighted by molar-refractivity contribution is 5.37. The molecule has 0 saturated heterocycles. The van der Waals surface area contributed by atoms with Gasteiger partial charge in [0.2, 0.25) is 5.88 Å². The Morgan fingerprint density at radius 1 is 1.26 bits per heavy atom. The predicted octanol–water partition coefficient (Wildman–Crippen LogP) is 3.08. The van der Waals surface area contributed by atoms with Crippen LogP contribution >= 0.6 is 0 Å². The van der Waals surface area contributed by atoms with Gasteiger partial charge >= 0.3 is 6.61 Å². The van der Waals surface area contributed by atoms with Gasteiger partial charge in [-0.05, 0) is 19.1 Å². The fourth-order valence-corrected chi connectivity index (χ4v) is 1.50. The van der Waals surface area contributed by atoms with Crippen molar-refractivity contribution in [1.29, 1.82) is 0 Å². The van der Waals surface area contributed by atoms with E-state index in [0.717, 1.165) is 6.07 Å². The highest BCUT2D eigenvalue weighted by Crippen LogP contribution is 2.13. The van der Waals surface area contributed by atoms with Crippen LogP contribution in [0.25, 0.3) is 0 Å². The molecule has 23 heavy (non-hydrogen) atoms. The maximum atomic E-state index is 11.9. The third-order valence-electron chi connectivity index (χ3n) is 2.39. The van der Waals surface area contributed by atoms with Crippen molar-refractivity contribution in [1.82, 2.24) is 10.2 Å². The van der Waals surface area contributed by atoms with Gasteiger partial charge in [0, 0.05) is 18.6 Å². The van der Waals surface area contributed by atoms with Crippen molar-refractivity contribution >= 4 is 6.47 Å². The molecule has 0 aliphatic rings. The summed E-state index contributed by atoms with van der Waals surface area (Å²) in [4.78, 5) is 9.98. The summed E-state index contributed by atoms with van der Waals surface area (Å²) in [6.07, 6.45) is -0.0211. The Bertz CT molecular complexity index is 590. The topological polar surface area (TPSA) is 64.2 Å². The van der Waals surface area contributed by atoms with Crippen LogP contribution in [0.3, 0.4) is 0 Å². The Morgan fingerprint density at radius 2 is 1.91 bits per heavy atom. The molecule has 0 amide bonds. The number of hydrogen-bond acceptors (Lipinski definition) is 4. The van der Waals surface area contributed by atoms with Crippen molar-refractivity contribution in [3.05, 3.63) is 47.7 Å². The molecular formula is C14H14F4N2O3. The molecule has 0 bridgehead atoms. The summed E-state index contributed by atoms with van der Waals surface area (Å²) in [5.74, 6) is -1.19. The zero-order valence-corrected chi connectivity index (χ0v) is 12.0. The van der Waals surface area contributed by atoms with Gasteiger partial charge in [-0.3, -0.25) is 4.79 Å². The summed E-state index contributed by atoms with van der Waals surface area (Å²) < 4.78 is 56.1. The molecule has 5 nitrogen and oxygen atoms in total. The summed E-state index contributed by atoms with van der Waals surface area (Å²) >= 11 is 0. The number of benzene rings is 1. The van der Waals surface area contributed by atoms with E-state index in [2.05, 4.69) is 19.7 Å². The highest BCUT2D eigenvalue weighted by Gasteiger charge is 2.10. The summed E-state index contributed by atoms with van der Waals surface area (Å²) in [5, 5.41) is 6.00.